The van der Waals surface area contributed by atoms with Crippen LogP contribution in [0, 0.1) is 11.8 Å². The fraction of sp³-hybridized carbons (Fsp3) is 1.00. The lowest BCUT2D eigenvalue weighted by Crippen LogP contribution is -2.08. The zero-order valence-electron chi connectivity index (χ0n) is 5.76. The Kier molecular flexibility index (Phi) is 2.60. The molecule has 2 unspecified atom stereocenters. The van der Waals surface area contributed by atoms with E-state index in [0.717, 1.165) is 6.42 Å². The number of halogens is 2. The van der Waals surface area contributed by atoms with Crippen LogP contribution >= 0.6 is 0 Å². The van der Waals surface area contributed by atoms with Crippen LogP contribution < -0.4 is 0 Å². The van der Waals surface area contributed by atoms with Gasteiger partial charge in [0.25, 0.3) is 0 Å². The molecule has 1 rings (SSSR count). The van der Waals surface area contributed by atoms with Crippen LogP contribution in [0.1, 0.15) is 19.3 Å². The molecule has 1 fully saturated rings. The monoisotopic (exact) mass is 150 g/mol. The third kappa shape index (κ3) is 1.66. The summed E-state index contributed by atoms with van der Waals surface area (Å²) in [6.07, 6.45) is -0.320. The third-order valence-corrected chi connectivity index (χ3v) is 2.20. The normalized spacial score (nSPS) is 33.6. The van der Waals surface area contributed by atoms with Crippen LogP contribution in [0.5, 0.6) is 0 Å². The minimum atomic E-state index is -2.18. The third-order valence-electron chi connectivity index (χ3n) is 2.20. The molecule has 0 aliphatic heterocycles. The molecular weight excluding hydrogens is 138 g/mol. The molecule has 0 spiro atoms. The molecule has 1 N–H and O–H groups in total. The van der Waals surface area contributed by atoms with Gasteiger partial charge in [0.1, 0.15) is 0 Å². The Hall–Kier alpha value is -0.180. The number of aliphatic hydroxyl groups excluding tert-OH is 1. The molecule has 0 aromatic carbocycles. The Bertz CT molecular complexity index is 106. The molecule has 0 bridgehead atoms. The van der Waals surface area contributed by atoms with Crippen molar-refractivity contribution in [2.24, 2.45) is 11.8 Å². The maximum atomic E-state index is 12.0. The molecule has 0 aromatic rings. The zero-order chi connectivity index (χ0) is 7.56. The lowest BCUT2D eigenvalue weighted by atomic mass is 10.1. The van der Waals surface area contributed by atoms with Crippen molar-refractivity contribution in [1.29, 1.82) is 0 Å². The van der Waals surface area contributed by atoms with Crippen LogP contribution in [0.25, 0.3) is 0 Å². The molecule has 0 radical (unpaired) electrons. The van der Waals surface area contributed by atoms with Crippen molar-refractivity contribution >= 4 is 0 Å². The average Bonchev–Trinajstić information content (AvgIpc) is 2.34. The Balaban J connectivity index is 2.28. The van der Waals surface area contributed by atoms with E-state index in [0.29, 0.717) is 12.8 Å². The van der Waals surface area contributed by atoms with Gasteiger partial charge in [0.2, 0.25) is 6.43 Å². The average molecular weight is 150 g/mol. The van der Waals surface area contributed by atoms with Crippen molar-refractivity contribution in [3.63, 3.8) is 0 Å². The topological polar surface area (TPSA) is 20.2 Å². The van der Waals surface area contributed by atoms with Crippen molar-refractivity contribution in [3.8, 4) is 0 Å². The van der Waals surface area contributed by atoms with Gasteiger partial charge in [-0.1, -0.05) is 0 Å². The summed E-state index contributed by atoms with van der Waals surface area (Å²) in [5.41, 5.74) is 0. The number of rotatable bonds is 2. The molecule has 3 heteroatoms. The molecule has 10 heavy (non-hydrogen) atoms. The van der Waals surface area contributed by atoms with Gasteiger partial charge in [0.15, 0.2) is 0 Å². The smallest absolute Gasteiger partial charge is 0.241 e. The van der Waals surface area contributed by atoms with Crippen LogP contribution in [0.2, 0.25) is 0 Å². The second-order valence-electron chi connectivity index (χ2n) is 2.96. The molecule has 1 saturated carbocycles. The largest absolute Gasteiger partial charge is 0.396 e. The zero-order valence-corrected chi connectivity index (χ0v) is 5.76. The maximum absolute atomic E-state index is 12.0. The fourth-order valence-corrected chi connectivity index (χ4v) is 1.51. The van der Waals surface area contributed by atoms with Gasteiger partial charge in [0.05, 0.1) is 0 Å². The fourth-order valence-electron chi connectivity index (χ4n) is 1.51. The second-order valence-corrected chi connectivity index (χ2v) is 2.96. The molecule has 2 atom stereocenters. The van der Waals surface area contributed by atoms with Crippen LogP contribution in [0.15, 0.2) is 0 Å². The van der Waals surface area contributed by atoms with E-state index in [1.807, 2.05) is 0 Å². The number of alkyl halides is 2. The van der Waals surface area contributed by atoms with Crippen LogP contribution in [0.3, 0.4) is 0 Å². The van der Waals surface area contributed by atoms with Crippen LogP contribution in [-0.2, 0) is 0 Å². The first-order valence-corrected chi connectivity index (χ1v) is 3.63. The van der Waals surface area contributed by atoms with Crippen molar-refractivity contribution in [2.75, 3.05) is 6.61 Å². The van der Waals surface area contributed by atoms with Crippen LogP contribution in [0.4, 0.5) is 8.78 Å². The van der Waals surface area contributed by atoms with Gasteiger partial charge in [-0.2, -0.15) is 0 Å². The highest BCUT2D eigenvalue weighted by Crippen LogP contribution is 2.34. The van der Waals surface area contributed by atoms with E-state index < -0.39 is 12.3 Å². The first kappa shape index (κ1) is 7.92. The quantitative estimate of drug-likeness (QED) is 0.634. The summed E-state index contributed by atoms with van der Waals surface area (Å²) in [4.78, 5) is 0. The summed E-state index contributed by atoms with van der Waals surface area (Å²) in [6.45, 7) is 0.0726. The summed E-state index contributed by atoms with van der Waals surface area (Å²) in [7, 11) is 0. The van der Waals surface area contributed by atoms with Gasteiger partial charge in [0, 0.05) is 12.5 Å². The molecule has 1 nitrogen and oxygen atoms in total. The van der Waals surface area contributed by atoms with Crippen molar-refractivity contribution in [1.82, 2.24) is 0 Å². The minimum absolute atomic E-state index is 0.0726. The SMILES string of the molecule is OCC1CCC(C(F)F)C1. The summed E-state index contributed by atoms with van der Waals surface area (Å²) in [6, 6.07) is 0. The van der Waals surface area contributed by atoms with Gasteiger partial charge in [-0.3, -0.25) is 0 Å². The van der Waals surface area contributed by atoms with E-state index in [1.165, 1.54) is 0 Å². The number of aliphatic hydroxyl groups is 1. The highest BCUT2D eigenvalue weighted by molar-refractivity contribution is 4.76. The van der Waals surface area contributed by atoms with Gasteiger partial charge in [-0.05, 0) is 25.2 Å². The van der Waals surface area contributed by atoms with Crippen molar-refractivity contribution in [3.05, 3.63) is 0 Å². The predicted molar refractivity (Wildman–Crippen MR) is 33.9 cm³/mol. The lowest BCUT2D eigenvalue weighted by molar-refractivity contribution is 0.0762. The Morgan fingerprint density at radius 3 is 2.40 bits per heavy atom. The van der Waals surface area contributed by atoms with Gasteiger partial charge >= 0.3 is 0 Å². The first-order valence-electron chi connectivity index (χ1n) is 3.63. The highest BCUT2D eigenvalue weighted by atomic mass is 19.3. The van der Waals surface area contributed by atoms with Gasteiger partial charge in [-0.15, -0.1) is 0 Å². The molecule has 0 heterocycles. The van der Waals surface area contributed by atoms with E-state index >= 15 is 0 Å². The van der Waals surface area contributed by atoms with Gasteiger partial charge < -0.3 is 5.11 Å². The molecule has 0 aromatic heterocycles. The van der Waals surface area contributed by atoms with E-state index in [2.05, 4.69) is 0 Å². The minimum Gasteiger partial charge on any atom is -0.396 e. The summed E-state index contributed by atoms with van der Waals surface area (Å²) >= 11 is 0. The molecular formula is C7H12F2O. The first-order chi connectivity index (χ1) is 4.74. The van der Waals surface area contributed by atoms with E-state index in [1.54, 1.807) is 0 Å². The predicted octanol–water partition coefficient (Wildman–Crippen LogP) is 1.66. The van der Waals surface area contributed by atoms with E-state index in [4.69, 9.17) is 5.11 Å². The van der Waals surface area contributed by atoms with Crippen molar-refractivity contribution < 1.29 is 13.9 Å². The van der Waals surface area contributed by atoms with E-state index in [9.17, 15) is 8.78 Å². The molecule has 1 aliphatic rings. The molecule has 60 valence electrons. The Morgan fingerprint density at radius 2 is 2.10 bits per heavy atom. The molecule has 1 aliphatic carbocycles. The maximum Gasteiger partial charge on any atom is 0.241 e. The second kappa shape index (κ2) is 3.28. The Morgan fingerprint density at radius 1 is 1.40 bits per heavy atom. The standard InChI is InChI=1S/C7H12F2O/c8-7(9)6-2-1-5(3-6)4-10/h5-7,10H,1-4H2. The van der Waals surface area contributed by atoms with Crippen LogP contribution in [-0.4, -0.2) is 18.1 Å². The number of hydrogen-bond acceptors (Lipinski definition) is 1. The Labute approximate surface area is 59.0 Å². The summed E-state index contributed by atoms with van der Waals surface area (Å²) in [5, 5.41) is 8.62. The lowest BCUT2D eigenvalue weighted by Gasteiger charge is -2.06. The molecule has 0 amide bonds. The van der Waals surface area contributed by atoms with E-state index in [-0.39, 0.29) is 12.5 Å². The highest BCUT2D eigenvalue weighted by Gasteiger charge is 2.30. The molecule has 0 saturated heterocycles. The summed E-state index contributed by atoms with van der Waals surface area (Å²) in [5.74, 6) is -0.309. The van der Waals surface area contributed by atoms with Gasteiger partial charge in [-0.25, -0.2) is 8.78 Å². The van der Waals surface area contributed by atoms with Crippen molar-refractivity contribution in [2.45, 2.75) is 25.7 Å². The number of hydrogen-bond donors (Lipinski definition) is 1. The summed E-state index contributed by atoms with van der Waals surface area (Å²) < 4.78 is 23.9.